The molecule has 0 aromatic heterocycles. The van der Waals surface area contributed by atoms with Crippen LogP contribution >= 0.6 is 0 Å². The van der Waals surface area contributed by atoms with Gasteiger partial charge in [0, 0.05) is 22.5 Å². The molecule has 4 bridgehead atoms. The molecule has 0 atom stereocenters. The molecule has 4 saturated carbocycles. The highest BCUT2D eigenvalue weighted by Crippen LogP contribution is 2.70. The number of fused-ring (bicyclic) bond motifs is 3. The van der Waals surface area contributed by atoms with Gasteiger partial charge in [-0.2, -0.15) is 0 Å². The maximum atomic E-state index is 2.51. The Bertz CT molecular complexity index is 2310. The molecule has 0 aliphatic heterocycles. The van der Waals surface area contributed by atoms with Crippen molar-refractivity contribution in [1.82, 2.24) is 0 Å². The van der Waals surface area contributed by atoms with Crippen molar-refractivity contribution in [2.75, 3.05) is 4.90 Å². The third-order valence-electron chi connectivity index (χ3n) is 13.5. The van der Waals surface area contributed by atoms with Crippen LogP contribution in [0.5, 0.6) is 0 Å². The second kappa shape index (κ2) is 12.2. The number of benzene rings is 7. The Morgan fingerprint density at radius 1 is 0.340 bits per heavy atom. The predicted molar refractivity (Wildman–Crippen MR) is 221 cm³/mol. The van der Waals surface area contributed by atoms with Gasteiger partial charge in [-0.25, -0.2) is 0 Å². The van der Waals surface area contributed by atoms with E-state index in [4.69, 9.17) is 0 Å². The minimum atomic E-state index is 0.184. The van der Waals surface area contributed by atoms with Crippen molar-refractivity contribution in [3.63, 3.8) is 0 Å². The number of hydrogen-bond donors (Lipinski definition) is 0. The lowest BCUT2D eigenvalue weighted by atomic mass is 9.43. The van der Waals surface area contributed by atoms with E-state index in [1.54, 1.807) is 11.1 Å². The third kappa shape index (κ3) is 4.83. The van der Waals surface area contributed by atoms with Crippen LogP contribution in [0.2, 0.25) is 0 Å². The van der Waals surface area contributed by atoms with E-state index in [9.17, 15) is 0 Å². The molecule has 256 valence electrons. The number of hydrogen-bond acceptors (Lipinski definition) is 1. The number of nitrogens with zero attached hydrogens (tertiary/aromatic N) is 1. The SMILES string of the molecule is c1ccc(-c2ccc(N(c3ccc(-c4ccccc4)cc3)c3ccc(-c4cccc5c4-c4ccccc4C54C5CC6CC(C5)CC4C6)cc3)cc2)cc1. The molecular weight excluding hydrogens is 639 g/mol. The molecule has 4 fully saturated rings. The van der Waals surface area contributed by atoms with Crippen LogP contribution in [0.1, 0.15) is 43.2 Å². The van der Waals surface area contributed by atoms with Gasteiger partial charge in [0.15, 0.2) is 0 Å². The first-order chi connectivity index (χ1) is 26.2. The van der Waals surface area contributed by atoms with Gasteiger partial charge in [0.05, 0.1) is 0 Å². The molecule has 0 saturated heterocycles. The molecule has 1 nitrogen and oxygen atoms in total. The lowest BCUT2D eigenvalue weighted by Gasteiger charge is -2.61. The van der Waals surface area contributed by atoms with Gasteiger partial charge in [-0.3, -0.25) is 0 Å². The molecule has 12 rings (SSSR count). The summed E-state index contributed by atoms with van der Waals surface area (Å²) in [6.45, 7) is 0. The molecule has 0 heterocycles. The lowest BCUT2D eigenvalue weighted by molar-refractivity contribution is -0.0399. The fourth-order valence-electron chi connectivity index (χ4n) is 11.5. The summed E-state index contributed by atoms with van der Waals surface area (Å²) in [4.78, 5) is 2.39. The molecule has 0 N–H and O–H groups in total. The van der Waals surface area contributed by atoms with E-state index in [1.807, 2.05) is 0 Å². The van der Waals surface area contributed by atoms with Crippen molar-refractivity contribution in [2.24, 2.45) is 23.7 Å². The van der Waals surface area contributed by atoms with E-state index in [2.05, 4.69) is 181 Å². The zero-order chi connectivity index (χ0) is 34.9. The standard InChI is InChI=1S/C52H43N/c1-3-10-37(11-4-1)39-18-24-44(25-19-39)53(45-26-20-40(21-27-45)38-12-5-2-6-13-38)46-28-22-41(23-29-46)47-15-9-17-50-51(47)48-14-7-8-16-49(48)52(50)42-31-35-30-36(33-42)34-43(52)32-35/h1-29,35-36,42-43H,30-34H2. The van der Waals surface area contributed by atoms with Gasteiger partial charge >= 0.3 is 0 Å². The van der Waals surface area contributed by atoms with E-state index in [-0.39, 0.29) is 5.41 Å². The Morgan fingerprint density at radius 2 is 0.755 bits per heavy atom. The Balaban J connectivity index is 0.998. The van der Waals surface area contributed by atoms with Crippen molar-refractivity contribution in [3.05, 3.63) is 187 Å². The summed E-state index contributed by atoms with van der Waals surface area (Å²) >= 11 is 0. The van der Waals surface area contributed by atoms with Crippen LogP contribution in [0.25, 0.3) is 44.5 Å². The number of anilines is 3. The van der Waals surface area contributed by atoms with Gasteiger partial charge in [0.25, 0.3) is 0 Å². The highest BCUT2D eigenvalue weighted by molar-refractivity contribution is 5.93. The van der Waals surface area contributed by atoms with Crippen molar-refractivity contribution in [3.8, 4) is 44.5 Å². The van der Waals surface area contributed by atoms with E-state index >= 15 is 0 Å². The van der Waals surface area contributed by atoms with Gasteiger partial charge in [0.2, 0.25) is 0 Å². The smallest absolute Gasteiger partial charge is 0.0462 e. The van der Waals surface area contributed by atoms with Gasteiger partial charge in [-0.05, 0) is 148 Å². The maximum absolute atomic E-state index is 2.51. The van der Waals surface area contributed by atoms with Crippen molar-refractivity contribution in [2.45, 2.75) is 37.5 Å². The van der Waals surface area contributed by atoms with Crippen LogP contribution < -0.4 is 4.90 Å². The fourth-order valence-corrected chi connectivity index (χ4v) is 11.5. The zero-order valence-electron chi connectivity index (χ0n) is 30.0. The summed E-state index contributed by atoms with van der Waals surface area (Å²) in [6.07, 6.45) is 7.13. The molecule has 5 aliphatic rings. The average molecular weight is 682 g/mol. The van der Waals surface area contributed by atoms with Crippen LogP contribution in [0, 0.1) is 23.7 Å². The molecule has 0 amide bonds. The van der Waals surface area contributed by atoms with Crippen LogP contribution in [0.3, 0.4) is 0 Å². The first-order valence-corrected chi connectivity index (χ1v) is 19.7. The Labute approximate surface area is 313 Å². The van der Waals surface area contributed by atoms with E-state index in [0.717, 1.165) is 40.7 Å². The second-order valence-corrected chi connectivity index (χ2v) is 16.2. The Morgan fingerprint density at radius 3 is 1.28 bits per heavy atom. The predicted octanol–water partition coefficient (Wildman–Crippen LogP) is 13.9. The quantitative estimate of drug-likeness (QED) is 0.169. The molecule has 1 heteroatoms. The van der Waals surface area contributed by atoms with Crippen LogP contribution in [0.4, 0.5) is 17.1 Å². The summed E-state index contributed by atoms with van der Waals surface area (Å²) < 4.78 is 0. The first kappa shape index (κ1) is 30.9. The monoisotopic (exact) mass is 681 g/mol. The highest BCUT2D eigenvalue weighted by Gasteiger charge is 2.61. The van der Waals surface area contributed by atoms with Gasteiger partial charge < -0.3 is 4.90 Å². The van der Waals surface area contributed by atoms with Crippen LogP contribution in [0.15, 0.2) is 176 Å². The summed E-state index contributed by atoms with van der Waals surface area (Å²) in [5, 5.41) is 0. The van der Waals surface area contributed by atoms with E-state index < -0.39 is 0 Å². The second-order valence-electron chi connectivity index (χ2n) is 16.2. The van der Waals surface area contributed by atoms with Gasteiger partial charge in [0.1, 0.15) is 0 Å². The summed E-state index contributed by atoms with van der Waals surface area (Å²) in [5.74, 6) is 3.44. The molecule has 5 aliphatic carbocycles. The number of rotatable bonds is 6. The zero-order valence-corrected chi connectivity index (χ0v) is 30.0. The minimum absolute atomic E-state index is 0.184. The topological polar surface area (TPSA) is 3.24 Å². The molecule has 0 unspecified atom stereocenters. The molecule has 7 aromatic carbocycles. The largest absolute Gasteiger partial charge is 0.311 e. The van der Waals surface area contributed by atoms with Crippen molar-refractivity contribution >= 4 is 17.1 Å². The highest BCUT2D eigenvalue weighted by atomic mass is 15.1. The average Bonchev–Trinajstić information content (AvgIpc) is 3.52. The molecular formula is C52H43N. The Hall–Kier alpha value is -5.66. The first-order valence-electron chi connectivity index (χ1n) is 19.7. The maximum Gasteiger partial charge on any atom is 0.0462 e. The molecule has 7 aromatic rings. The lowest BCUT2D eigenvalue weighted by Crippen LogP contribution is -2.55. The summed E-state index contributed by atoms with van der Waals surface area (Å²) in [5.41, 5.74) is 17.4. The third-order valence-corrected chi connectivity index (χ3v) is 13.5. The van der Waals surface area contributed by atoms with Gasteiger partial charge in [-0.15, -0.1) is 0 Å². The van der Waals surface area contributed by atoms with Crippen LogP contribution in [-0.4, -0.2) is 0 Å². The molecule has 0 radical (unpaired) electrons. The summed E-state index contributed by atoms with van der Waals surface area (Å²) in [6, 6.07) is 65.4. The Kier molecular flexibility index (Phi) is 7.12. The summed E-state index contributed by atoms with van der Waals surface area (Å²) in [7, 11) is 0. The normalized spacial score (nSPS) is 23.2. The van der Waals surface area contributed by atoms with Crippen molar-refractivity contribution in [1.29, 1.82) is 0 Å². The minimum Gasteiger partial charge on any atom is -0.311 e. The molecule has 53 heavy (non-hydrogen) atoms. The van der Waals surface area contributed by atoms with Gasteiger partial charge in [-0.1, -0.05) is 140 Å². The van der Waals surface area contributed by atoms with Crippen LogP contribution in [-0.2, 0) is 5.41 Å². The van der Waals surface area contributed by atoms with E-state index in [1.165, 1.54) is 76.6 Å². The van der Waals surface area contributed by atoms with Crippen molar-refractivity contribution < 1.29 is 0 Å². The van der Waals surface area contributed by atoms with E-state index in [0.29, 0.717) is 0 Å². The molecule has 1 spiro atoms. The fraction of sp³-hybridized carbons (Fsp3) is 0.192.